The fraction of sp³-hybridized carbons (Fsp3) is 0.571. The lowest BCUT2D eigenvalue weighted by Gasteiger charge is -2.23. The Hall–Kier alpha value is -0.440. The first-order valence-electron chi connectivity index (χ1n) is 6.68. The van der Waals surface area contributed by atoms with Crippen molar-refractivity contribution in [3.05, 3.63) is 28.2 Å². The molecule has 1 aliphatic rings. The Labute approximate surface area is 119 Å². The first-order valence-corrected chi connectivity index (χ1v) is 7.43. The first kappa shape index (κ1) is 14.0. The number of piperidine rings is 1. The molecule has 1 heterocycles. The number of hydrogen-bond acceptors (Lipinski definition) is 1. The van der Waals surface area contributed by atoms with Crippen molar-refractivity contribution in [2.45, 2.75) is 25.7 Å². The van der Waals surface area contributed by atoms with Gasteiger partial charge in [-0.3, -0.25) is 0 Å². The Kier molecular flexibility index (Phi) is 5.61. The molecule has 1 aliphatic heterocycles. The Morgan fingerprint density at radius 1 is 1.11 bits per heavy atom. The quantitative estimate of drug-likeness (QED) is 0.823. The molecule has 1 fully saturated rings. The molecule has 0 atom stereocenters. The van der Waals surface area contributed by atoms with Crippen molar-refractivity contribution in [1.82, 2.24) is 0 Å². The number of likely N-dealkylation sites (tertiary alicyclic amines) is 1. The third kappa shape index (κ3) is 4.04. The second-order valence-electron chi connectivity index (χ2n) is 4.81. The van der Waals surface area contributed by atoms with Gasteiger partial charge in [-0.05, 0) is 31.4 Å². The molecular formula is C14H20Cl2NO+. The van der Waals surface area contributed by atoms with Gasteiger partial charge in [0.25, 0.3) is 0 Å². The van der Waals surface area contributed by atoms with Crippen LogP contribution >= 0.6 is 23.2 Å². The third-order valence-corrected chi connectivity index (χ3v) is 4.21. The van der Waals surface area contributed by atoms with Crippen molar-refractivity contribution in [2.24, 2.45) is 0 Å². The summed E-state index contributed by atoms with van der Waals surface area (Å²) in [6.07, 6.45) is 5.21. The smallest absolute Gasteiger partial charge is 0.139 e. The highest BCUT2D eigenvalue weighted by atomic mass is 35.5. The van der Waals surface area contributed by atoms with Crippen LogP contribution in [-0.4, -0.2) is 26.2 Å². The van der Waals surface area contributed by atoms with Gasteiger partial charge in [0.1, 0.15) is 10.8 Å². The summed E-state index contributed by atoms with van der Waals surface area (Å²) in [6.45, 7) is 4.54. The maximum Gasteiger partial charge on any atom is 0.139 e. The molecule has 0 spiro atoms. The van der Waals surface area contributed by atoms with E-state index >= 15 is 0 Å². The van der Waals surface area contributed by atoms with Crippen molar-refractivity contribution >= 4 is 23.2 Å². The van der Waals surface area contributed by atoms with E-state index in [1.807, 2.05) is 12.1 Å². The first-order chi connectivity index (χ1) is 8.77. The van der Waals surface area contributed by atoms with Crippen molar-refractivity contribution in [3.63, 3.8) is 0 Å². The van der Waals surface area contributed by atoms with Gasteiger partial charge in [0.05, 0.1) is 31.3 Å². The minimum absolute atomic E-state index is 0.518. The average Bonchev–Trinajstić information content (AvgIpc) is 2.40. The number of quaternary nitrogens is 1. The summed E-state index contributed by atoms with van der Waals surface area (Å²) in [7, 11) is 0. The number of rotatable bonds is 5. The number of hydrogen-bond donors (Lipinski definition) is 1. The summed E-state index contributed by atoms with van der Waals surface area (Å²) < 4.78 is 5.68. The summed E-state index contributed by atoms with van der Waals surface area (Å²) in [6, 6.07) is 5.50. The normalized spacial score (nSPS) is 16.8. The van der Waals surface area contributed by atoms with Crippen molar-refractivity contribution < 1.29 is 9.64 Å². The molecular weight excluding hydrogens is 269 g/mol. The van der Waals surface area contributed by atoms with Crippen LogP contribution in [0.25, 0.3) is 0 Å². The van der Waals surface area contributed by atoms with Gasteiger partial charge in [-0.2, -0.15) is 0 Å². The standard InChI is InChI=1S/C14H19Cl2NO/c15-12-6-4-7-13(14(12)16)18-11-5-10-17-8-2-1-3-9-17/h4,6-7H,1-3,5,8-11H2/p+1. The molecule has 0 radical (unpaired) electrons. The maximum atomic E-state index is 6.06. The highest BCUT2D eigenvalue weighted by Crippen LogP contribution is 2.31. The van der Waals surface area contributed by atoms with Gasteiger partial charge in [0, 0.05) is 6.42 Å². The Balaban J connectivity index is 1.70. The van der Waals surface area contributed by atoms with Crippen LogP contribution in [0.5, 0.6) is 5.75 Å². The molecule has 2 nitrogen and oxygen atoms in total. The largest absolute Gasteiger partial charge is 0.492 e. The molecule has 0 aliphatic carbocycles. The maximum absolute atomic E-state index is 6.06. The second kappa shape index (κ2) is 7.22. The average molecular weight is 289 g/mol. The van der Waals surface area contributed by atoms with Gasteiger partial charge < -0.3 is 9.64 Å². The molecule has 0 unspecified atom stereocenters. The van der Waals surface area contributed by atoms with E-state index in [-0.39, 0.29) is 0 Å². The van der Waals surface area contributed by atoms with E-state index in [1.165, 1.54) is 38.9 Å². The zero-order valence-corrected chi connectivity index (χ0v) is 12.1. The fourth-order valence-corrected chi connectivity index (χ4v) is 2.75. The molecule has 0 amide bonds. The molecule has 0 saturated carbocycles. The summed E-state index contributed by atoms with van der Waals surface area (Å²) in [5, 5.41) is 1.07. The van der Waals surface area contributed by atoms with Crippen LogP contribution in [0.1, 0.15) is 25.7 Å². The molecule has 4 heteroatoms. The summed E-state index contributed by atoms with van der Waals surface area (Å²) in [5.74, 6) is 0.692. The molecule has 0 aromatic heterocycles. The lowest BCUT2D eigenvalue weighted by Crippen LogP contribution is -3.12. The molecule has 0 bridgehead atoms. The van der Waals surface area contributed by atoms with E-state index in [0.717, 1.165) is 6.42 Å². The lowest BCUT2D eigenvalue weighted by molar-refractivity contribution is -0.905. The molecule has 2 rings (SSSR count). The number of nitrogens with one attached hydrogen (secondary N) is 1. The van der Waals surface area contributed by atoms with Gasteiger partial charge in [-0.15, -0.1) is 0 Å². The van der Waals surface area contributed by atoms with Crippen molar-refractivity contribution in [2.75, 3.05) is 26.2 Å². The van der Waals surface area contributed by atoms with E-state index in [1.54, 1.807) is 11.0 Å². The van der Waals surface area contributed by atoms with Gasteiger partial charge in [-0.1, -0.05) is 29.3 Å². The number of ether oxygens (including phenoxy) is 1. The van der Waals surface area contributed by atoms with Crippen molar-refractivity contribution in [1.29, 1.82) is 0 Å². The molecule has 18 heavy (non-hydrogen) atoms. The summed E-state index contributed by atoms with van der Waals surface area (Å²) in [4.78, 5) is 1.71. The van der Waals surface area contributed by atoms with Crippen LogP contribution in [0.4, 0.5) is 0 Å². The van der Waals surface area contributed by atoms with Crippen LogP contribution in [0.15, 0.2) is 18.2 Å². The highest BCUT2D eigenvalue weighted by Gasteiger charge is 2.12. The Morgan fingerprint density at radius 2 is 1.89 bits per heavy atom. The predicted octanol–water partition coefficient (Wildman–Crippen LogP) is 2.83. The van der Waals surface area contributed by atoms with E-state index < -0.39 is 0 Å². The van der Waals surface area contributed by atoms with Gasteiger partial charge in [-0.25, -0.2) is 0 Å². The Morgan fingerprint density at radius 3 is 2.67 bits per heavy atom. The molecule has 100 valence electrons. The van der Waals surface area contributed by atoms with E-state index in [0.29, 0.717) is 22.4 Å². The predicted molar refractivity (Wildman–Crippen MR) is 76.0 cm³/mol. The minimum atomic E-state index is 0.518. The van der Waals surface area contributed by atoms with Crippen LogP contribution in [0.3, 0.4) is 0 Å². The zero-order valence-electron chi connectivity index (χ0n) is 10.6. The highest BCUT2D eigenvalue weighted by molar-refractivity contribution is 6.42. The van der Waals surface area contributed by atoms with Crippen LogP contribution in [-0.2, 0) is 0 Å². The third-order valence-electron chi connectivity index (χ3n) is 3.41. The Bertz CT molecular complexity index is 378. The van der Waals surface area contributed by atoms with Crippen LogP contribution < -0.4 is 9.64 Å². The fourth-order valence-electron chi connectivity index (χ4n) is 2.40. The van der Waals surface area contributed by atoms with Gasteiger partial charge >= 0.3 is 0 Å². The lowest BCUT2D eigenvalue weighted by atomic mass is 10.1. The monoisotopic (exact) mass is 288 g/mol. The SMILES string of the molecule is Clc1cccc(OCCC[NH+]2CCCCC2)c1Cl. The van der Waals surface area contributed by atoms with Gasteiger partial charge in [0.2, 0.25) is 0 Å². The van der Waals surface area contributed by atoms with Crippen LogP contribution in [0.2, 0.25) is 10.0 Å². The second-order valence-corrected chi connectivity index (χ2v) is 5.60. The zero-order chi connectivity index (χ0) is 12.8. The molecule has 1 N–H and O–H groups in total. The van der Waals surface area contributed by atoms with Gasteiger partial charge in [0.15, 0.2) is 0 Å². The van der Waals surface area contributed by atoms with Crippen molar-refractivity contribution in [3.8, 4) is 5.75 Å². The number of halogens is 2. The number of benzene rings is 1. The summed E-state index contributed by atoms with van der Waals surface area (Å²) in [5.41, 5.74) is 0. The molecule has 1 aromatic carbocycles. The van der Waals surface area contributed by atoms with Crippen LogP contribution in [0, 0.1) is 0 Å². The minimum Gasteiger partial charge on any atom is -0.492 e. The van der Waals surface area contributed by atoms with E-state index in [9.17, 15) is 0 Å². The molecule has 1 saturated heterocycles. The molecule has 1 aromatic rings. The van der Waals surface area contributed by atoms with E-state index in [4.69, 9.17) is 27.9 Å². The van der Waals surface area contributed by atoms with E-state index in [2.05, 4.69) is 0 Å². The summed E-state index contributed by atoms with van der Waals surface area (Å²) >= 11 is 12.0. The topological polar surface area (TPSA) is 13.7 Å².